The van der Waals surface area contributed by atoms with Crippen molar-refractivity contribution in [3.05, 3.63) is 59.2 Å². The van der Waals surface area contributed by atoms with E-state index in [-0.39, 0.29) is 11.1 Å². The van der Waals surface area contributed by atoms with Crippen LogP contribution < -0.4 is 0 Å². The van der Waals surface area contributed by atoms with Gasteiger partial charge in [0.1, 0.15) is 11.6 Å². The summed E-state index contributed by atoms with van der Waals surface area (Å²) >= 11 is 0. The first-order chi connectivity index (χ1) is 12.6. The molecule has 0 saturated carbocycles. The third-order valence-corrected chi connectivity index (χ3v) is 4.84. The number of nitrogens with one attached hydrogen (secondary N) is 2. The van der Waals surface area contributed by atoms with Gasteiger partial charge in [-0.05, 0) is 36.4 Å². The lowest BCUT2D eigenvalue weighted by Gasteiger charge is -2.04. The van der Waals surface area contributed by atoms with Crippen LogP contribution in [-0.4, -0.2) is 22.5 Å². The number of benzene rings is 3. The first-order valence-corrected chi connectivity index (χ1v) is 7.90. The Balaban J connectivity index is 2.15. The van der Waals surface area contributed by atoms with E-state index < -0.39 is 11.6 Å². The van der Waals surface area contributed by atoms with E-state index in [9.17, 15) is 18.4 Å². The number of halogens is 2. The maximum atomic E-state index is 13.6. The van der Waals surface area contributed by atoms with Crippen LogP contribution in [0.5, 0.6) is 0 Å². The van der Waals surface area contributed by atoms with Gasteiger partial charge in [0.25, 0.3) is 0 Å². The van der Waals surface area contributed by atoms with Crippen molar-refractivity contribution in [1.29, 1.82) is 0 Å². The standard InChI is InChI=1S/C20H10F2N2O2/c21-9-1-3-11-15(5-9)23-19-17(11)13(7-25)14(8-26)18-12-4-2-10(22)6-16(12)24-20(18)19/h1-8,23-24H. The van der Waals surface area contributed by atoms with E-state index in [1.54, 1.807) is 12.1 Å². The number of fused-ring (bicyclic) bond motifs is 7. The van der Waals surface area contributed by atoms with Gasteiger partial charge < -0.3 is 9.97 Å². The fourth-order valence-electron chi connectivity index (χ4n) is 3.79. The molecule has 0 amide bonds. The highest BCUT2D eigenvalue weighted by atomic mass is 19.1. The molecule has 0 bridgehead atoms. The molecule has 2 heterocycles. The van der Waals surface area contributed by atoms with E-state index in [0.717, 1.165) is 0 Å². The summed E-state index contributed by atoms with van der Waals surface area (Å²) in [6, 6.07) is 8.40. The van der Waals surface area contributed by atoms with Gasteiger partial charge in [0.05, 0.1) is 11.0 Å². The van der Waals surface area contributed by atoms with E-state index in [2.05, 4.69) is 9.97 Å². The highest BCUT2D eigenvalue weighted by molar-refractivity contribution is 6.30. The van der Waals surface area contributed by atoms with Crippen LogP contribution in [0.4, 0.5) is 8.78 Å². The zero-order valence-electron chi connectivity index (χ0n) is 13.2. The van der Waals surface area contributed by atoms with E-state index in [1.807, 2.05) is 0 Å². The number of aromatic nitrogens is 2. The molecule has 3 aromatic carbocycles. The van der Waals surface area contributed by atoms with Gasteiger partial charge in [-0.3, -0.25) is 9.59 Å². The summed E-state index contributed by atoms with van der Waals surface area (Å²) in [7, 11) is 0. The average Bonchev–Trinajstić information content (AvgIpc) is 3.17. The SMILES string of the molecule is O=Cc1c(C=O)c2c3ccc(F)cc3[nH]c2c2[nH]c3cc(F)ccc3c12. The van der Waals surface area contributed by atoms with Crippen molar-refractivity contribution >= 4 is 56.2 Å². The van der Waals surface area contributed by atoms with E-state index in [0.29, 0.717) is 56.2 Å². The molecule has 2 aromatic heterocycles. The van der Waals surface area contributed by atoms with Crippen molar-refractivity contribution in [3.8, 4) is 0 Å². The zero-order valence-corrected chi connectivity index (χ0v) is 13.2. The van der Waals surface area contributed by atoms with Crippen LogP contribution in [0.15, 0.2) is 36.4 Å². The fraction of sp³-hybridized carbons (Fsp3) is 0. The third-order valence-electron chi connectivity index (χ3n) is 4.84. The highest BCUT2D eigenvalue weighted by Crippen LogP contribution is 2.39. The summed E-state index contributed by atoms with van der Waals surface area (Å²) in [5, 5.41) is 2.35. The van der Waals surface area contributed by atoms with Gasteiger partial charge in [-0.1, -0.05) is 0 Å². The molecule has 4 nitrogen and oxygen atoms in total. The quantitative estimate of drug-likeness (QED) is 0.448. The minimum absolute atomic E-state index is 0.227. The molecule has 5 rings (SSSR count). The minimum Gasteiger partial charge on any atom is -0.353 e. The molecular formula is C20H10F2N2O2. The average molecular weight is 348 g/mol. The predicted molar refractivity (Wildman–Crippen MR) is 95.9 cm³/mol. The van der Waals surface area contributed by atoms with Gasteiger partial charge in [0.15, 0.2) is 12.6 Å². The Morgan fingerprint density at radius 2 is 1.12 bits per heavy atom. The molecule has 26 heavy (non-hydrogen) atoms. The molecule has 0 aliphatic carbocycles. The van der Waals surface area contributed by atoms with Crippen LogP contribution in [0.1, 0.15) is 20.7 Å². The van der Waals surface area contributed by atoms with Gasteiger partial charge in [-0.15, -0.1) is 0 Å². The summed E-state index contributed by atoms with van der Waals surface area (Å²) in [6.45, 7) is 0. The highest BCUT2D eigenvalue weighted by Gasteiger charge is 2.21. The van der Waals surface area contributed by atoms with Crippen LogP contribution >= 0.6 is 0 Å². The number of H-pyrrole nitrogens is 2. The van der Waals surface area contributed by atoms with Crippen molar-refractivity contribution < 1.29 is 18.4 Å². The summed E-state index contributed by atoms with van der Waals surface area (Å²) in [5.41, 5.74) is 2.63. The second-order valence-electron chi connectivity index (χ2n) is 6.19. The monoisotopic (exact) mass is 348 g/mol. The van der Waals surface area contributed by atoms with Gasteiger partial charge in [-0.25, -0.2) is 8.78 Å². The third kappa shape index (κ3) is 1.75. The van der Waals surface area contributed by atoms with Crippen LogP contribution in [0.25, 0.3) is 43.6 Å². The lowest BCUT2D eigenvalue weighted by molar-refractivity contribution is 0.109. The second kappa shape index (κ2) is 4.98. The Bertz CT molecular complexity index is 1290. The molecular weight excluding hydrogens is 338 g/mol. The Labute approximate surface area is 144 Å². The van der Waals surface area contributed by atoms with Crippen LogP contribution in [0.2, 0.25) is 0 Å². The smallest absolute Gasteiger partial charge is 0.151 e. The minimum atomic E-state index is -0.415. The number of carbonyl (C=O) groups excluding carboxylic acids is 2. The summed E-state index contributed by atoms with van der Waals surface area (Å²) in [4.78, 5) is 29.9. The first-order valence-electron chi connectivity index (χ1n) is 7.90. The normalized spacial score (nSPS) is 11.8. The first kappa shape index (κ1) is 14.8. The Morgan fingerprint density at radius 3 is 1.50 bits per heavy atom. The van der Waals surface area contributed by atoms with E-state index >= 15 is 0 Å². The summed E-state index contributed by atoms with van der Waals surface area (Å²) < 4.78 is 27.2. The summed E-state index contributed by atoms with van der Waals surface area (Å²) in [6.07, 6.45) is 1.26. The van der Waals surface area contributed by atoms with Crippen molar-refractivity contribution in [2.75, 3.05) is 0 Å². The predicted octanol–water partition coefficient (Wildman–Crippen LogP) is 4.86. The number of aldehydes is 2. The number of rotatable bonds is 2. The second-order valence-corrected chi connectivity index (χ2v) is 6.19. The maximum Gasteiger partial charge on any atom is 0.151 e. The van der Waals surface area contributed by atoms with Crippen molar-refractivity contribution in [3.63, 3.8) is 0 Å². The van der Waals surface area contributed by atoms with Crippen molar-refractivity contribution in [2.24, 2.45) is 0 Å². The Kier molecular flexibility index (Phi) is 2.83. The molecule has 6 heteroatoms. The number of hydrogen-bond donors (Lipinski definition) is 2. The van der Waals surface area contributed by atoms with Gasteiger partial charge in [0.2, 0.25) is 0 Å². The Morgan fingerprint density at radius 1 is 0.692 bits per heavy atom. The molecule has 0 fully saturated rings. The molecule has 0 aliphatic heterocycles. The van der Waals surface area contributed by atoms with Crippen LogP contribution in [-0.2, 0) is 0 Å². The lowest BCUT2D eigenvalue weighted by atomic mass is 9.97. The molecule has 5 aromatic rings. The maximum absolute atomic E-state index is 13.6. The molecule has 126 valence electrons. The number of carbonyl (C=O) groups is 2. The Hall–Kier alpha value is -3.54. The van der Waals surface area contributed by atoms with E-state index in [4.69, 9.17) is 0 Å². The van der Waals surface area contributed by atoms with Crippen LogP contribution in [0.3, 0.4) is 0 Å². The van der Waals surface area contributed by atoms with Gasteiger partial charge in [-0.2, -0.15) is 0 Å². The van der Waals surface area contributed by atoms with Gasteiger partial charge >= 0.3 is 0 Å². The number of aromatic amines is 2. The molecule has 0 spiro atoms. The van der Waals surface area contributed by atoms with Crippen LogP contribution in [0, 0.1) is 11.6 Å². The van der Waals surface area contributed by atoms with Crippen molar-refractivity contribution in [2.45, 2.75) is 0 Å². The molecule has 0 atom stereocenters. The lowest BCUT2D eigenvalue weighted by Crippen LogP contribution is -1.94. The topological polar surface area (TPSA) is 65.7 Å². The molecule has 0 saturated heterocycles. The molecule has 0 unspecified atom stereocenters. The molecule has 0 radical (unpaired) electrons. The fourth-order valence-corrected chi connectivity index (χ4v) is 3.79. The van der Waals surface area contributed by atoms with E-state index in [1.165, 1.54) is 24.3 Å². The zero-order chi connectivity index (χ0) is 18.0. The molecule has 2 N–H and O–H groups in total. The summed E-state index contributed by atoms with van der Waals surface area (Å²) in [5.74, 6) is -0.829. The van der Waals surface area contributed by atoms with Gasteiger partial charge in [0, 0.05) is 43.7 Å². The number of hydrogen-bond acceptors (Lipinski definition) is 2. The van der Waals surface area contributed by atoms with Crippen molar-refractivity contribution in [1.82, 2.24) is 9.97 Å². The largest absolute Gasteiger partial charge is 0.353 e. The molecule has 0 aliphatic rings.